The van der Waals surface area contributed by atoms with E-state index >= 15 is 0 Å². The van der Waals surface area contributed by atoms with Gasteiger partial charge >= 0.3 is 5.89 Å². The lowest BCUT2D eigenvalue weighted by Gasteiger charge is -2.02. The van der Waals surface area contributed by atoms with E-state index < -0.39 is 6.98 Å². The van der Waals surface area contributed by atoms with E-state index in [4.69, 9.17) is 8.53 Å². The third-order valence-corrected chi connectivity index (χ3v) is 21.4. The molecule has 0 bridgehead atoms. The second-order valence-corrected chi connectivity index (χ2v) is 26.8. The fourth-order valence-electron chi connectivity index (χ4n) is 15.8. The molecule has 25 heterocycles. The van der Waals surface area contributed by atoms with Crippen LogP contribution in [0.3, 0.4) is 0 Å². The summed E-state index contributed by atoms with van der Waals surface area (Å²) in [5.74, 6) is 3.91. The zero-order chi connectivity index (χ0) is 70.2. The Hall–Kier alpha value is -13.8. The first-order chi connectivity index (χ1) is 52.1. The van der Waals surface area contributed by atoms with E-state index in [1.165, 1.54) is 65.0 Å². The van der Waals surface area contributed by atoms with Crippen molar-refractivity contribution in [1.82, 2.24) is 86.7 Å². The van der Waals surface area contributed by atoms with Gasteiger partial charge < -0.3 is 4.42 Å². The molecule has 0 N–H and O–H groups in total. The van der Waals surface area contributed by atoms with Gasteiger partial charge in [0, 0.05) is 79.9 Å². The van der Waals surface area contributed by atoms with Crippen LogP contribution in [-0.2, 0) is 46.7 Å². The summed E-state index contributed by atoms with van der Waals surface area (Å²) in [6.07, 6.45) is 18.1. The number of benzene rings is 1. The van der Waals surface area contributed by atoms with Crippen molar-refractivity contribution in [1.29, 1.82) is 0 Å². The predicted molar refractivity (Wildman–Crippen MR) is 384 cm³/mol. The molecule has 0 spiro atoms. The maximum atomic E-state index is 8.02. The van der Waals surface area contributed by atoms with Crippen LogP contribution in [0.15, 0.2) is 248 Å². The minimum absolute atomic E-state index is 0.571. The Morgan fingerprint density at radius 1 is 0.398 bits per heavy atom. The van der Waals surface area contributed by atoms with E-state index in [9.17, 15) is 0 Å². The van der Waals surface area contributed by atoms with Crippen LogP contribution in [0.4, 0.5) is 0 Å². The van der Waals surface area contributed by atoms with Gasteiger partial charge in [0.1, 0.15) is 53.3 Å². The Balaban J connectivity index is 0.0000000830. The van der Waals surface area contributed by atoms with E-state index in [1.54, 1.807) is 34.4 Å². The maximum Gasteiger partial charge on any atom is 0.385 e. The molecule has 0 amide bonds. The summed E-state index contributed by atoms with van der Waals surface area (Å²) in [6.45, 7) is 1.51. The molecule has 26 rings (SSSR count). The number of thiazole rings is 1. The molecular weight excluding hydrogens is 1310 g/mol. The third kappa shape index (κ3) is 8.35. The Kier molecular flexibility index (Phi) is 11.5. The van der Waals surface area contributed by atoms with Crippen LogP contribution < -0.4 is 22.8 Å². The normalized spacial score (nSPS) is 13.5. The number of hydrogen-bond acceptors (Lipinski definition) is 12. The van der Waals surface area contributed by atoms with Gasteiger partial charge in [-0.05, 0) is 145 Å². The molecule has 0 saturated carbocycles. The summed E-state index contributed by atoms with van der Waals surface area (Å²) in [5.41, 5.74) is 26.5. The summed E-state index contributed by atoms with van der Waals surface area (Å²) in [6, 6.07) is 61.2. The quantitative estimate of drug-likeness (QED) is 0.142. The molecule has 5 aliphatic heterocycles. The van der Waals surface area contributed by atoms with E-state index in [2.05, 4.69) is 170 Å². The lowest BCUT2D eigenvalue weighted by atomic mass is 10.2. The van der Waals surface area contributed by atoms with Gasteiger partial charge in [0.05, 0.1) is 86.4 Å². The molecule has 21 aromatic rings. The second-order valence-electron chi connectivity index (χ2n) is 25.8. The van der Waals surface area contributed by atoms with Crippen LogP contribution >= 0.6 is 11.3 Å². The standard InChI is InChI=1S/C20H14N5.2C15H12N5.C14H9N4O.C14H9N4S/c1-2-6-14(7-3-1)24-19-16-9-5-10-21-17(16)13-23(19)18-12-15-8-4-11-22-25(15)20(18)24;2*1-18-14-11-5-3-6-16-12(11)9-19(14)13-8-10-4-2-7-17-20(10)15(13)18;2*1-3-9-7-12-14(18(9)16-6-1)19-13-10-4-2-5-15-11(10)8-17(12)13/h1-12H,13H2;2*2-8H,9H2,1H3;2*1-7H,8H2/q5*+1/i;1D3;;;. The average Bonchev–Trinajstić information content (AvgIpc) is 1.34. The van der Waals surface area contributed by atoms with Crippen LogP contribution in [0.25, 0.3) is 145 Å². The third-order valence-electron chi connectivity index (χ3n) is 20.2. The number of para-hydroxylation sites is 1. The molecule has 1 aromatic carbocycles. The minimum Gasteiger partial charge on any atom is -0.378 e. The Bertz CT molecular complexity index is 7090. The highest BCUT2D eigenvalue weighted by molar-refractivity contribution is 7.20. The monoisotopic (exact) mass is 1370 g/mol. The number of fused-ring (bicyclic) bond motifs is 35. The van der Waals surface area contributed by atoms with E-state index in [-0.39, 0.29) is 0 Å². The summed E-state index contributed by atoms with van der Waals surface area (Å²) in [7, 11) is 2.09. The Morgan fingerprint density at radius 3 is 1.49 bits per heavy atom. The van der Waals surface area contributed by atoms with E-state index in [0.29, 0.717) is 18.0 Å². The fourth-order valence-corrected chi connectivity index (χ4v) is 17.1. The topological polar surface area (TPSA) is 198 Å². The van der Waals surface area contributed by atoms with Crippen molar-refractivity contribution in [3.63, 3.8) is 0 Å². The van der Waals surface area contributed by atoms with Crippen molar-refractivity contribution in [3.8, 4) is 61.9 Å². The van der Waals surface area contributed by atoms with Gasteiger partial charge in [-0.3, -0.25) is 24.9 Å². The molecule has 490 valence electrons. The zero-order valence-electron chi connectivity index (χ0n) is 57.7. The number of imidazole rings is 3. The molecule has 25 heteroatoms. The van der Waals surface area contributed by atoms with E-state index in [1.807, 2.05) is 163 Å². The number of oxazole rings is 1. The first-order valence-electron chi connectivity index (χ1n) is 35.2. The smallest absolute Gasteiger partial charge is 0.378 e. The number of rotatable bonds is 1. The number of aryl methyl sites for hydroxylation is 2. The highest BCUT2D eigenvalue weighted by atomic mass is 32.1. The summed E-state index contributed by atoms with van der Waals surface area (Å²) in [5, 5.41) is 23.4. The first kappa shape index (κ1) is 54.1. The number of pyridine rings is 5. The first-order valence-corrected chi connectivity index (χ1v) is 34.5. The van der Waals surface area contributed by atoms with Gasteiger partial charge in [-0.1, -0.05) is 18.2 Å². The molecule has 0 atom stereocenters. The molecule has 0 saturated heterocycles. The zero-order valence-corrected chi connectivity index (χ0v) is 55.5. The predicted octanol–water partition coefficient (Wildman–Crippen LogP) is 10.1. The summed E-state index contributed by atoms with van der Waals surface area (Å²) >= 11 is 1.79. The van der Waals surface area contributed by atoms with Gasteiger partial charge in [-0.25, -0.2) is 27.4 Å². The van der Waals surface area contributed by atoms with Crippen LogP contribution in [0.2, 0.25) is 0 Å². The van der Waals surface area contributed by atoms with Gasteiger partial charge in [0.15, 0.2) is 34.5 Å². The van der Waals surface area contributed by atoms with Gasteiger partial charge in [0.2, 0.25) is 17.2 Å². The molecular formula is C78H56N23OS+5. The molecule has 0 fully saturated rings. The van der Waals surface area contributed by atoms with Crippen LogP contribution in [-0.4, -0.2) is 86.7 Å². The van der Waals surface area contributed by atoms with Crippen LogP contribution in [0.5, 0.6) is 0 Å². The van der Waals surface area contributed by atoms with Gasteiger partial charge in [-0.15, -0.1) is 23.8 Å². The van der Waals surface area contributed by atoms with Crippen LogP contribution in [0.1, 0.15) is 32.6 Å². The lowest BCUT2D eigenvalue weighted by molar-refractivity contribution is -0.649. The maximum absolute atomic E-state index is 8.02. The van der Waals surface area contributed by atoms with E-state index in [0.717, 1.165) is 127 Å². The molecule has 0 aliphatic carbocycles. The average molecular weight is 1370 g/mol. The second kappa shape index (κ2) is 21.8. The van der Waals surface area contributed by atoms with Crippen molar-refractivity contribution in [3.05, 3.63) is 272 Å². The van der Waals surface area contributed by atoms with Crippen LogP contribution in [0, 0.1) is 0 Å². The highest BCUT2D eigenvalue weighted by Gasteiger charge is 2.41. The Morgan fingerprint density at radius 2 is 0.854 bits per heavy atom. The SMILES string of the molecule is C[n+]1c2n(c3cc4cccnn4c31)Cc1ncccc1-2.[2H]C([2H])([2H])[n+]1c2n(c3cc4cccnn4c31)Cc1ncccc1-2.c1ccc(-n2c3[n+](c4cc5cccnn5c42)Cc2ncccc2-3)cc1.c1cnc2c(c1)-c1oc3c(cc4cccnn43)[n+]1C2.c1cnc2c(c1)-c1sc3c(cc4cccnn43)[n+]1C2. The Labute approximate surface area is 590 Å². The van der Waals surface area contributed by atoms with Crippen molar-refractivity contribution < 1.29 is 31.4 Å². The number of hydrogen-bond donors (Lipinski definition) is 0. The summed E-state index contributed by atoms with van der Waals surface area (Å²) < 4.78 is 56.7. The highest BCUT2D eigenvalue weighted by Crippen LogP contribution is 2.39. The van der Waals surface area contributed by atoms with Gasteiger partial charge in [0.25, 0.3) is 39.0 Å². The minimum atomic E-state index is -2.30. The van der Waals surface area contributed by atoms with Gasteiger partial charge in [-0.2, -0.15) is 33.5 Å². The molecule has 0 unspecified atom stereocenters. The number of aromatic nitrogens is 23. The molecule has 24 nitrogen and oxygen atoms in total. The molecule has 0 radical (unpaired) electrons. The lowest BCUT2D eigenvalue weighted by Crippen LogP contribution is -2.31. The molecule has 20 aromatic heterocycles. The van der Waals surface area contributed by atoms with Crippen molar-refractivity contribution in [2.24, 2.45) is 14.0 Å². The largest absolute Gasteiger partial charge is 0.385 e. The summed E-state index contributed by atoms with van der Waals surface area (Å²) in [4.78, 5) is 23.5. The van der Waals surface area contributed by atoms with Crippen molar-refractivity contribution in [2.75, 3.05) is 0 Å². The molecule has 103 heavy (non-hydrogen) atoms. The fraction of sp³-hybridized carbons (Fsp3) is 0.0897. The van der Waals surface area contributed by atoms with Crippen molar-refractivity contribution in [2.45, 2.75) is 32.7 Å². The van der Waals surface area contributed by atoms with Crippen molar-refractivity contribution >= 4 is 94.0 Å². The number of nitrogens with zero attached hydrogens (tertiary/aromatic N) is 23. The molecule has 5 aliphatic rings.